The van der Waals surface area contributed by atoms with Crippen molar-refractivity contribution in [3.8, 4) is 0 Å². The summed E-state index contributed by atoms with van der Waals surface area (Å²) in [4.78, 5) is 29.3. The highest BCUT2D eigenvalue weighted by Gasteiger charge is 2.41. The summed E-state index contributed by atoms with van der Waals surface area (Å²) in [5.41, 5.74) is 9.67. The number of aryl methyl sites for hydroxylation is 1. The summed E-state index contributed by atoms with van der Waals surface area (Å²) in [6.45, 7) is 2.03. The molecule has 2 bridgehead atoms. The van der Waals surface area contributed by atoms with E-state index in [9.17, 15) is 9.59 Å². The minimum absolute atomic E-state index is 0.133. The lowest BCUT2D eigenvalue weighted by molar-refractivity contribution is -0.117. The molecule has 4 rings (SSSR count). The standard InChI is InChI=1S/C21H24N2O2S/c1-12-3-5-13(6-4-12)9-15(24)11-18-20(21(22)25)19-16-8-7-14(23(16)2)10-17(19)26-18/h3-6,14,16H,7-11H2,1-2H3,(H2,22,25)/t14-,16?/m1/s1. The van der Waals surface area contributed by atoms with Crippen LogP contribution in [-0.4, -0.2) is 29.7 Å². The highest BCUT2D eigenvalue weighted by atomic mass is 32.1. The minimum Gasteiger partial charge on any atom is -0.366 e. The monoisotopic (exact) mass is 368 g/mol. The number of hydrogen-bond donors (Lipinski definition) is 1. The average Bonchev–Trinajstić information content (AvgIpc) is 3.05. The van der Waals surface area contributed by atoms with Gasteiger partial charge in [-0.2, -0.15) is 0 Å². The SMILES string of the molecule is Cc1ccc(CC(=O)Cc2sc3c(c2C(N)=O)C2CC[C@H](C3)N2C)cc1. The van der Waals surface area contributed by atoms with Gasteiger partial charge in [0.05, 0.1) is 5.56 Å². The number of rotatable bonds is 5. The molecule has 1 saturated heterocycles. The minimum atomic E-state index is -0.389. The first-order chi connectivity index (χ1) is 12.4. The molecule has 0 radical (unpaired) electrons. The van der Waals surface area contributed by atoms with E-state index in [-0.39, 0.29) is 17.7 Å². The van der Waals surface area contributed by atoms with E-state index in [1.165, 1.54) is 16.9 Å². The molecule has 1 aromatic heterocycles. The van der Waals surface area contributed by atoms with Crippen LogP contribution < -0.4 is 5.73 Å². The zero-order chi connectivity index (χ0) is 18.4. The number of benzene rings is 1. The van der Waals surface area contributed by atoms with Crippen LogP contribution in [0.3, 0.4) is 0 Å². The smallest absolute Gasteiger partial charge is 0.250 e. The summed E-state index contributed by atoms with van der Waals surface area (Å²) in [6.07, 6.45) is 3.90. The van der Waals surface area contributed by atoms with Gasteiger partial charge in [-0.05, 0) is 44.4 Å². The second kappa shape index (κ2) is 6.63. The maximum absolute atomic E-state index is 12.6. The molecule has 2 N–H and O–H groups in total. The van der Waals surface area contributed by atoms with Crippen LogP contribution in [0.5, 0.6) is 0 Å². The van der Waals surface area contributed by atoms with Crippen molar-refractivity contribution in [1.29, 1.82) is 0 Å². The summed E-state index contributed by atoms with van der Waals surface area (Å²) in [5, 5.41) is 0. The fourth-order valence-electron chi connectivity index (χ4n) is 4.44. The van der Waals surface area contributed by atoms with Crippen LogP contribution in [0.25, 0.3) is 0 Å². The van der Waals surface area contributed by atoms with E-state index in [1.54, 1.807) is 11.3 Å². The third-order valence-electron chi connectivity index (χ3n) is 5.82. The number of amides is 1. The molecule has 2 aromatic rings. The van der Waals surface area contributed by atoms with Crippen LogP contribution in [0.15, 0.2) is 24.3 Å². The lowest BCUT2D eigenvalue weighted by atomic mass is 9.94. The molecule has 4 nitrogen and oxygen atoms in total. The van der Waals surface area contributed by atoms with Gasteiger partial charge in [0, 0.05) is 34.7 Å². The molecule has 1 aromatic carbocycles. The van der Waals surface area contributed by atoms with Gasteiger partial charge in [-0.1, -0.05) is 29.8 Å². The van der Waals surface area contributed by atoms with Gasteiger partial charge in [0.2, 0.25) is 5.91 Å². The van der Waals surface area contributed by atoms with Crippen LogP contribution >= 0.6 is 11.3 Å². The van der Waals surface area contributed by atoms with Gasteiger partial charge in [-0.3, -0.25) is 14.5 Å². The van der Waals surface area contributed by atoms with E-state index < -0.39 is 0 Å². The van der Waals surface area contributed by atoms with Crippen molar-refractivity contribution in [3.63, 3.8) is 0 Å². The Balaban J connectivity index is 1.60. The van der Waals surface area contributed by atoms with E-state index in [2.05, 4.69) is 11.9 Å². The van der Waals surface area contributed by atoms with E-state index >= 15 is 0 Å². The Labute approximate surface area is 158 Å². The highest BCUT2D eigenvalue weighted by molar-refractivity contribution is 7.12. The zero-order valence-corrected chi connectivity index (χ0v) is 16.1. The molecule has 0 aliphatic carbocycles. The van der Waals surface area contributed by atoms with Gasteiger partial charge in [0.15, 0.2) is 0 Å². The Hall–Kier alpha value is -1.98. The van der Waals surface area contributed by atoms with Crippen molar-refractivity contribution in [3.05, 3.63) is 56.3 Å². The van der Waals surface area contributed by atoms with Crippen LogP contribution in [0.1, 0.15) is 55.7 Å². The molecule has 2 aliphatic heterocycles. The molecule has 26 heavy (non-hydrogen) atoms. The van der Waals surface area contributed by atoms with Crippen molar-refractivity contribution in [2.75, 3.05) is 7.05 Å². The predicted molar refractivity (Wildman–Crippen MR) is 104 cm³/mol. The average molecular weight is 369 g/mol. The summed E-state index contributed by atoms with van der Waals surface area (Å²) in [5.74, 6) is -0.257. The van der Waals surface area contributed by atoms with E-state index in [4.69, 9.17) is 5.73 Å². The summed E-state index contributed by atoms with van der Waals surface area (Å²) in [7, 11) is 2.13. The molecule has 1 amide bonds. The number of thiophene rings is 1. The summed E-state index contributed by atoms with van der Waals surface area (Å²) >= 11 is 1.63. The van der Waals surface area contributed by atoms with Crippen molar-refractivity contribution < 1.29 is 9.59 Å². The molecule has 2 atom stereocenters. The Morgan fingerprint density at radius 3 is 2.62 bits per heavy atom. The van der Waals surface area contributed by atoms with Gasteiger partial charge in [0.25, 0.3) is 0 Å². The molecule has 3 heterocycles. The fourth-order valence-corrected chi connectivity index (χ4v) is 5.91. The topological polar surface area (TPSA) is 63.4 Å². The Morgan fingerprint density at radius 2 is 1.92 bits per heavy atom. The first-order valence-corrected chi connectivity index (χ1v) is 9.99. The first kappa shape index (κ1) is 17.4. The molecule has 1 fully saturated rings. The van der Waals surface area contributed by atoms with Crippen LogP contribution in [0.2, 0.25) is 0 Å². The number of fused-ring (bicyclic) bond motifs is 4. The molecular formula is C21H24N2O2S. The van der Waals surface area contributed by atoms with Gasteiger partial charge in [0.1, 0.15) is 5.78 Å². The van der Waals surface area contributed by atoms with Crippen molar-refractivity contribution >= 4 is 23.0 Å². The number of nitrogens with zero attached hydrogens (tertiary/aromatic N) is 1. The normalized spacial score (nSPS) is 21.6. The summed E-state index contributed by atoms with van der Waals surface area (Å²) < 4.78 is 0. The van der Waals surface area contributed by atoms with E-state index in [0.29, 0.717) is 24.4 Å². The largest absolute Gasteiger partial charge is 0.366 e. The van der Waals surface area contributed by atoms with Crippen molar-refractivity contribution in [2.24, 2.45) is 5.73 Å². The number of carbonyl (C=O) groups excluding carboxylic acids is 2. The van der Waals surface area contributed by atoms with Gasteiger partial charge in [-0.25, -0.2) is 0 Å². The molecule has 5 heteroatoms. The highest BCUT2D eigenvalue weighted by Crippen LogP contribution is 2.48. The number of ketones is 1. The van der Waals surface area contributed by atoms with Crippen LogP contribution in [0.4, 0.5) is 0 Å². The molecule has 2 aliphatic rings. The second-order valence-corrected chi connectivity index (χ2v) is 8.79. The van der Waals surface area contributed by atoms with E-state index in [0.717, 1.165) is 28.8 Å². The molecule has 1 unspecified atom stereocenters. The molecular weight excluding hydrogens is 344 g/mol. The number of Topliss-reactive ketones (excluding diaryl/α,β-unsaturated/α-hetero) is 1. The Morgan fingerprint density at radius 1 is 1.19 bits per heavy atom. The van der Waals surface area contributed by atoms with Gasteiger partial charge < -0.3 is 5.73 Å². The third kappa shape index (κ3) is 2.99. The number of carbonyl (C=O) groups is 2. The van der Waals surface area contributed by atoms with Crippen molar-refractivity contribution in [2.45, 2.75) is 51.1 Å². The van der Waals surface area contributed by atoms with Crippen LogP contribution in [-0.2, 0) is 24.1 Å². The number of nitrogens with two attached hydrogens (primary N) is 1. The van der Waals surface area contributed by atoms with Gasteiger partial charge in [-0.15, -0.1) is 11.3 Å². The third-order valence-corrected chi connectivity index (χ3v) is 7.04. The fraction of sp³-hybridized carbons (Fsp3) is 0.429. The zero-order valence-electron chi connectivity index (χ0n) is 15.2. The summed E-state index contributed by atoms with van der Waals surface area (Å²) in [6, 6.07) is 8.87. The second-order valence-electron chi connectivity index (χ2n) is 7.60. The quantitative estimate of drug-likeness (QED) is 0.881. The number of primary amides is 1. The maximum atomic E-state index is 12.6. The lowest BCUT2D eigenvalue weighted by Crippen LogP contribution is -2.34. The van der Waals surface area contributed by atoms with E-state index in [1.807, 2.05) is 31.2 Å². The number of hydrogen-bond acceptors (Lipinski definition) is 4. The predicted octanol–water partition coefficient (Wildman–Crippen LogP) is 3.20. The molecule has 0 saturated carbocycles. The molecule has 136 valence electrons. The lowest BCUT2D eigenvalue weighted by Gasteiger charge is -2.31. The van der Waals surface area contributed by atoms with Crippen LogP contribution in [0, 0.1) is 6.92 Å². The first-order valence-electron chi connectivity index (χ1n) is 9.17. The Bertz CT molecular complexity index is 869. The number of likely N-dealkylation sites (N-methyl/N-ethyl adjacent to an activating group) is 1. The Kier molecular flexibility index (Phi) is 4.45. The maximum Gasteiger partial charge on any atom is 0.250 e. The molecule has 0 spiro atoms. The van der Waals surface area contributed by atoms with Crippen molar-refractivity contribution in [1.82, 2.24) is 4.90 Å². The van der Waals surface area contributed by atoms with Gasteiger partial charge >= 0.3 is 0 Å².